The van der Waals surface area contributed by atoms with Crippen LogP contribution in [0.25, 0.3) is 0 Å². The smallest absolute Gasteiger partial charge is 0.238 e. The van der Waals surface area contributed by atoms with Crippen LogP contribution >= 0.6 is 11.6 Å². The molecule has 1 N–H and O–H groups in total. The number of carbonyl (C=O) groups excluding carboxylic acids is 1. The number of hydrogen-bond acceptors (Lipinski definition) is 4. The molecule has 6 heteroatoms. The Morgan fingerprint density at radius 2 is 2.29 bits per heavy atom. The third-order valence-electron chi connectivity index (χ3n) is 3.52. The number of benzene rings is 1. The van der Waals surface area contributed by atoms with Gasteiger partial charge in [0.15, 0.2) is 0 Å². The Bertz CT molecular complexity index is 510. The number of nitrogens with zero attached hydrogens (tertiary/aromatic N) is 1. The van der Waals surface area contributed by atoms with Crippen molar-refractivity contribution < 1.29 is 14.3 Å². The average molecular weight is 313 g/mol. The molecule has 1 amide bonds. The van der Waals surface area contributed by atoms with Gasteiger partial charge in [-0.25, -0.2) is 0 Å². The van der Waals surface area contributed by atoms with E-state index >= 15 is 0 Å². The number of nitrogens with one attached hydrogen (secondary N) is 1. The fraction of sp³-hybridized carbons (Fsp3) is 0.533. The lowest BCUT2D eigenvalue weighted by Gasteiger charge is -2.36. The Balaban J connectivity index is 1.93. The number of amides is 1. The van der Waals surface area contributed by atoms with Crippen LogP contribution in [0.15, 0.2) is 18.2 Å². The summed E-state index contributed by atoms with van der Waals surface area (Å²) in [6, 6.07) is 5.43. The highest BCUT2D eigenvalue weighted by atomic mass is 35.5. The first kappa shape index (κ1) is 16.1. The van der Waals surface area contributed by atoms with Crippen LogP contribution in [-0.4, -0.2) is 49.8 Å². The number of halogens is 1. The second-order valence-electron chi connectivity index (χ2n) is 5.32. The third kappa shape index (κ3) is 4.33. The zero-order valence-corrected chi connectivity index (χ0v) is 13.3. The fourth-order valence-corrected chi connectivity index (χ4v) is 2.58. The third-order valence-corrected chi connectivity index (χ3v) is 3.81. The summed E-state index contributed by atoms with van der Waals surface area (Å²) in [6.07, 6.45) is 0.157. The van der Waals surface area contributed by atoms with Gasteiger partial charge in [-0.05, 0) is 32.0 Å². The van der Waals surface area contributed by atoms with E-state index < -0.39 is 0 Å². The number of anilines is 1. The second kappa shape index (κ2) is 7.11. The minimum absolute atomic E-state index is 0.0582. The molecule has 0 aromatic heterocycles. The van der Waals surface area contributed by atoms with Gasteiger partial charge < -0.3 is 14.8 Å². The van der Waals surface area contributed by atoms with Crippen LogP contribution in [0.3, 0.4) is 0 Å². The molecule has 116 valence electrons. The molecule has 1 heterocycles. The Morgan fingerprint density at radius 3 is 2.95 bits per heavy atom. The fourth-order valence-electron chi connectivity index (χ4n) is 2.32. The van der Waals surface area contributed by atoms with E-state index in [4.69, 9.17) is 21.1 Å². The summed E-state index contributed by atoms with van der Waals surface area (Å²) in [4.78, 5) is 14.3. The molecular weight excluding hydrogens is 292 g/mol. The normalized spacial score (nSPS) is 22.9. The van der Waals surface area contributed by atoms with E-state index in [-0.39, 0.29) is 18.1 Å². The van der Waals surface area contributed by atoms with Crippen LogP contribution < -0.4 is 10.1 Å². The summed E-state index contributed by atoms with van der Waals surface area (Å²) in [5.41, 5.74) is 0.666. The maximum absolute atomic E-state index is 12.1. The molecule has 0 spiro atoms. The van der Waals surface area contributed by atoms with Gasteiger partial charge in [-0.2, -0.15) is 0 Å². The summed E-state index contributed by atoms with van der Waals surface area (Å²) in [5.74, 6) is 0.530. The van der Waals surface area contributed by atoms with Crippen LogP contribution in [0.2, 0.25) is 5.02 Å². The first-order valence-corrected chi connectivity index (χ1v) is 7.36. The number of carbonyl (C=O) groups is 1. The van der Waals surface area contributed by atoms with Gasteiger partial charge in [-0.1, -0.05) is 11.6 Å². The predicted octanol–water partition coefficient (Wildman–Crippen LogP) is 2.40. The minimum atomic E-state index is -0.0582. The van der Waals surface area contributed by atoms with Gasteiger partial charge in [0.2, 0.25) is 5.91 Å². The average Bonchev–Trinajstić information content (AvgIpc) is 2.43. The molecule has 21 heavy (non-hydrogen) atoms. The zero-order valence-electron chi connectivity index (χ0n) is 12.6. The van der Waals surface area contributed by atoms with Crippen molar-refractivity contribution in [2.75, 3.05) is 32.1 Å². The zero-order chi connectivity index (χ0) is 15.4. The van der Waals surface area contributed by atoms with Crippen LogP contribution in [0.4, 0.5) is 5.69 Å². The molecule has 0 bridgehead atoms. The van der Waals surface area contributed by atoms with Crippen molar-refractivity contribution in [1.82, 2.24) is 4.90 Å². The SMILES string of the molecule is COc1ccc(NC(=O)CN2C[C@@H](C)OC[C@@H]2C)cc1Cl. The highest BCUT2D eigenvalue weighted by Gasteiger charge is 2.25. The van der Waals surface area contributed by atoms with Crippen molar-refractivity contribution in [3.63, 3.8) is 0 Å². The highest BCUT2D eigenvalue weighted by Crippen LogP contribution is 2.27. The summed E-state index contributed by atoms with van der Waals surface area (Å²) in [5, 5.41) is 3.33. The van der Waals surface area contributed by atoms with Crippen molar-refractivity contribution in [3.05, 3.63) is 23.2 Å². The molecule has 0 radical (unpaired) electrons. The van der Waals surface area contributed by atoms with Gasteiger partial charge >= 0.3 is 0 Å². The topological polar surface area (TPSA) is 50.8 Å². The molecule has 5 nitrogen and oxygen atoms in total. The molecule has 0 aliphatic carbocycles. The molecule has 1 fully saturated rings. The maximum Gasteiger partial charge on any atom is 0.238 e. The summed E-state index contributed by atoms with van der Waals surface area (Å²) in [6.45, 7) is 5.84. The van der Waals surface area contributed by atoms with E-state index in [1.165, 1.54) is 0 Å². The lowest BCUT2D eigenvalue weighted by molar-refractivity contribution is -0.121. The Kier molecular flexibility index (Phi) is 5.45. The van der Waals surface area contributed by atoms with Crippen LogP contribution in [0, 0.1) is 0 Å². The number of hydrogen-bond donors (Lipinski definition) is 1. The summed E-state index contributed by atoms with van der Waals surface area (Å²) >= 11 is 6.04. The number of methoxy groups -OCH3 is 1. The van der Waals surface area contributed by atoms with E-state index in [1.807, 2.05) is 6.92 Å². The lowest BCUT2D eigenvalue weighted by atomic mass is 10.2. The molecule has 1 aliphatic rings. The molecule has 1 aromatic carbocycles. The maximum atomic E-state index is 12.1. The molecular formula is C15H21ClN2O3. The summed E-state index contributed by atoms with van der Waals surface area (Å²) in [7, 11) is 1.56. The second-order valence-corrected chi connectivity index (χ2v) is 5.73. The number of ether oxygens (including phenoxy) is 2. The van der Waals surface area contributed by atoms with Gasteiger partial charge in [0.1, 0.15) is 5.75 Å². The number of morpholine rings is 1. The molecule has 0 saturated carbocycles. The van der Waals surface area contributed by atoms with E-state index in [2.05, 4.69) is 17.1 Å². The Morgan fingerprint density at radius 1 is 1.52 bits per heavy atom. The van der Waals surface area contributed by atoms with E-state index in [0.29, 0.717) is 29.6 Å². The Labute approximate surface area is 130 Å². The minimum Gasteiger partial charge on any atom is -0.495 e. The van der Waals surface area contributed by atoms with Crippen molar-refractivity contribution in [1.29, 1.82) is 0 Å². The van der Waals surface area contributed by atoms with Gasteiger partial charge in [0.25, 0.3) is 0 Å². The van der Waals surface area contributed by atoms with E-state index in [0.717, 1.165) is 6.54 Å². The van der Waals surface area contributed by atoms with Crippen molar-refractivity contribution in [3.8, 4) is 5.75 Å². The standard InChI is InChI=1S/C15H21ClN2O3/c1-10-9-21-11(2)7-18(10)8-15(19)17-12-4-5-14(20-3)13(16)6-12/h4-6,10-11H,7-9H2,1-3H3,(H,17,19)/t10-,11+/m0/s1. The number of rotatable bonds is 4. The molecule has 1 saturated heterocycles. The monoisotopic (exact) mass is 312 g/mol. The Hall–Kier alpha value is -1.30. The molecule has 0 unspecified atom stereocenters. The molecule has 1 aromatic rings. The molecule has 2 atom stereocenters. The lowest BCUT2D eigenvalue weighted by Crippen LogP contribution is -2.50. The van der Waals surface area contributed by atoms with Crippen LogP contribution in [0.1, 0.15) is 13.8 Å². The highest BCUT2D eigenvalue weighted by molar-refractivity contribution is 6.32. The summed E-state index contributed by atoms with van der Waals surface area (Å²) < 4.78 is 10.6. The van der Waals surface area contributed by atoms with Gasteiger partial charge in [-0.3, -0.25) is 9.69 Å². The molecule has 1 aliphatic heterocycles. The quantitative estimate of drug-likeness (QED) is 0.927. The van der Waals surface area contributed by atoms with Gasteiger partial charge in [-0.15, -0.1) is 0 Å². The first-order chi connectivity index (χ1) is 9.99. The predicted molar refractivity (Wildman–Crippen MR) is 83.1 cm³/mol. The largest absolute Gasteiger partial charge is 0.495 e. The van der Waals surface area contributed by atoms with Crippen molar-refractivity contribution in [2.45, 2.75) is 26.0 Å². The first-order valence-electron chi connectivity index (χ1n) is 6.98. The van der Waals surface area contributed by atoms with Crippen LogP contribution in [-0.2, 0) is 9.53 Å². The van der Waals surface area contributed by atoms with Gasteiger partial charge in [0, 0.05) is 18.3 Å². The van der Waals surface area contributed by atoms with Gasteiger partial charge in [0.05, 0.1) is 31.4 Å². The van der Waals surface area contributed by atoms with E-state index in [9.17, 15) is 4.79 Å². The van der Waals surface area contributed by atoms with Crippen LogP contribution in [0.5, 0.6) is 5.75 Å². The van der Waals surface area contributed by atoms with Crippen molar-refractivity contribution >= 4 is 23.2 Å². The molecule has 2 rings (SSSR count). The van der Waals surface area contributed by atoms with Crippen molar-refractivity contribution in [2.24, 2.45) is 0 Å². The van der Waals surface area contributed by atoms with E-state index in [1.54, 1.807) is 25.3 Å².